The maximum absolute atomic E-state index is 14.8. The zero-order chi connectivity index (χ0) is 21.2. The van der Waals surface area contributed by atoms with Crippen molar-refractivity contribution in [2.45, 2.75) is 17.7 Å². The second-order valence-electron chi connectivity index (χ2n) is 5.68. The first-order valence-electron chi connectivity index (χ1n) is 7.89. The molecule has 0 amide bonds. The third-order valence-electron chi connectivity index (χ3n) is 3.65. The lowest BCUT2D eigenvalue weighted by Gasteiger charge is -2.18. The molecule has 0 aliphatic rings. The summed E-state index contributed by atoms with van der Waals surface area (Å²) in [6.45, 7) is -0.888. The van der Waals surface area contributed by atoms with E-state index in [1.807, 2.05) is 0 Å². The van der Waals surface area contributed by atoms with E-state index in [9.17, 15) is 21.6 Å². The van der Waals surface area contributed by atoms with Crippen LogP contribution in [0, 0.1) is 5.82 Å². The Hall–Kier alpha value is -1.99. The number of halogens is 4. The van der Waals surface area contributed by atoms with Crippen LogP contribution in [-0.4, -0.2) is 19.6 Å². The van der Waals surface area contributed by atoms with E-state index in [0.717, 1.165) is 28.2 Å². The number of alkyl halides is 2. The van der Waals surface area contributed by atoms with Crippen molar-refractivity contribution in [1.29, 1.82) is 0 Å². The summed E-state index contributed by atoms with van der Waals surface area (Å²) >= 11 is 4.31. The fourth-order valence-corrected chi connectivity index (χ4v) is 4.75. The predicted molar refractivity (Wildman–Crippen MR) is 106 cm³/mol. The molecule has 0 bridgehead atoms. The zero-order valence-corrected chi connectivity index (χ0v) is 17.6. The van der Waals surface area contributed by atoms with Crippen LogP contribution in [0.2, 0.25) is 0 Å². The molecule has 6 nitrogen and oxygen atoms in total. The first-order valence-corrected chi connectivity index (χ1v) is 11.0. The molecule has 2 aromatic carbocycles. The number of rotatable bonds is 7. The second-order valence-corrected chi connectivity index (χ2v) is 9.71. The van der Waals surface area contributed by atoms with Crippen molar-refractivity contribution in [2.24, 2.45) is 0 Å². The standard InChI is InChI=1S/C17H13BrF3N3O3S2/c18-15-14(23-16(22)28-15)12-8-4-5-10(13(12)19)9-27-17(20,21)24-29(25,26)11-6-2-1-3-7-11/h1-8,24H,9H2,(H2,22,23). The molecule has 0 radical (unpaired) electrons. The molecule has 0 unspecified atom stereocenters. The van der Waals surface area contributed by atoms with E-state index in [4.69, 9.17) is 5.73 Å². The van der Waals surface area contributed by atoms with Gasteiger partial charge in [-0.2, -0.15) is 8.78 Å². The Bertz CT molecular complexity index is 1130. The van der Waals surface area contributed by atoms with Gasteiger partial charge in [-0.1, -0.05) is 41.7 Å². The number of nitrogen functional groups attached to an aromatic ring is 1. The van der Waals surface area contributed by atoms with Crippen LogP contribution in [-0.2, 0) is 21.4 Å². The molecule has 12 heteroatoms. The highest BCUT2D eigenvalue weighted by atomic mass is 79.9. The van der Waals surface area contributed by atoms with Crippen LogP contribution in [0.15, 0.2) is 57.2 Å². The Morgan fingerprint density at radius 2 is 1.86 bits per heavy atom. The average molecular weight is 508 g/mol. The highest BCUT2D eigenvalue weighted by Crippen LogP contribution is 2.36. The van der Waals surface area contributed by atoms with Crippen molar-refractivity contribution in [3.63, 3.8) is 0 Å². The van der Waals surface area contributed by atoms with E-state index < -0.39 is 28.7 Å². The van der Waals surface area contributed by atoms with Crippen LogP contribution in [0.25, 0.3) is 11.3 Å². The predicted octanol–water partition coefficient (Wildman–Crippen LogP) is 4.34. The first-order chi connectivity index (χ1) is 13.6. The summed E-state index contributed by atoms with van der Waals surface area (Å²) in [7, 11) is -4.53. The molecule has 0 saturated heterocycles. The third-order valence-corrected chi connectivity index (χ3v) is 6.59. The van der Waals surface area contributed by atoms with Gasteiger partial charge in [0.1, 0.15) is 11.5 Å². The van der Waals surface area contributed by atoms with Gasteiger partial charge >= 0.3 is 6.23 Å². The van der Waals surface area contributed by atoms with E-state index >= 15 is 0 Å². The van der Waals surface area contributed by atoms with Crippen LogP contribution in [0.4, 0.5) is 18.3 Å². The minimum Gasteiger partial charge on any atom is -0.375 e. The molecular formula is C17H13BrF3N3O3S2. The lowest BCUT2D eigenvalue weighted by molar-refractivity contribution is -0.252. The molecular weight excluding hydrogens is 495 g/mol. The summed E-state index contributed by atoms with van der Waals surface area (Å²) in [4.78, 5) is 3.64. The van der Waals surface area contributed by atoms with Gasteiger partial charge in [-0.3, -0.25) is 0 Å². The summed E-state index contributed by atoms with van der Waals surface area (Å²) in [6, 6.07) is 10.7. The van der Waals surface area contributed by atoms with Gasteiger partial charge in [-0.15, -0.1) is 4.72 Å². The Labute approximate surface area is 176 Å². The highest BCUT2D eigenvalue weighted by molar-refractivity contribution is 9.11. The van der Waals surface area contributed by atoms with Crippen molar-refractivity contribution in [3.8, 4) is 11.3 Å². The molecule has 0 saturated carbocycles. The molecule has 3 N–H and O–H groups in total. The van der Waals surface area contributed by atoms with Gasteiger partial charge in [-0.05, 0) is 34.1 Å². The largest absolute Gasteiger partial charge is 0.435 e. The fraction of sp³-hybridized carbons (Fsp3) is 0.118. The number of nitrogens with zero attached hydrogens (tertiary/aromatic N) is 1. The molecule has 0 aliphatic heterocycles. The molecule has 1 heterocycles. The van der Waals surface area contributed by atoms with Crippen LogP contribution in [0.1, 0.15) is 5.56 Å². The van der Waals surface area contributed by atoms with Crippen molar-refractivity contribution >= 4 is 42.4 Å². The molecule has 1 aromatic heterocycles. The first kappa shape index (κ1) is 21.7. The molecule has 154 valence electrons. The monoisotopic (exact) mass is 507 g/mol. The highest BCUT2D eigenvalue weighted by Gasteiger charge is 2.37. The summed E-state index contributed by atoms with van der Waals surface area (Å²) < 4.78 is 72.9. The van der Waals surface area contributed by atoms with Crippen LogP contribution >= 0.6 is 27.3 Å². The molecule has 29 heavy (non-hydrogen) atoms. The molecule has 0 atom stereocenters. The normalized spacial score (nSPS) is 12.3. The number of hydrogen-bond acceptors (Lipinski definition) is 6. The fourth-order valence-electron chi connectivity index (χ4n) is 2.37. The number of hydrogen-bond donors (Lipinski definition) is 2. The van der Waals surface area contributed by atoms with Crippen molar-refractivity contribution in [3.05, 3.63) is 63.7 Å². The van der Waals surface area contributed by atoms with Crippen molar-refractivity contribution in [1.82, 2.24) is 9.71 Å². The van der Waals surface area contributed by atoms with E-state index in [1.54, 1.807) is 0 Å². The zero-order valence-electron chi connectivity index (χ0n) is 14.4. The number of nitrogens with two attached hydrogens (primary N) is 1. The quantitative estimate of drug-likeness (QED) is 0.366. The van der Waals surface area contributed by atoms with Crippen molar-refractivity contribution < 1.29 is 26.3 Å². The SMILES string of the molecule is Nc1nc(-c2cccc(COC(F)(F)NS(=O)(=O)c3ccccc3)c2F)c(Br)s1. The summed E-state index contributed by atoms with van der Waals surface area (Å²) in [5, 5.41) is 0.203. The van der Waals surface area contributed by atoms with Crippen LogP contribution < -0.4 is 10.5 Å². The van der Waals surface area contributed by atoms with Crippen LogP contribution in [0.3, 0.4) is 0 Å². The number of nitrogens with one attached hydrogen (secondary N) is 1. The number of anilines is 1. The number of sulfonamides is 1. The molecule has 0 fully saturated rings. The van der Waals surface area contributed by atoms with Gasteiger partial charge in [0, 0.05) is 11.1 Å². The Morgan fingerprint density at radius 1 is 1.17 bits per heavy atom. The number of aromatic nitrogens is 1. The van der Waals surface area contributed by atoms with E-state index in [1.165, 1.54) is 36.4 Å². The van der Waals surface area contributed by atoms with Gasteiger partial charge < -0.3 is 10.5 Å². The third kappa shape index (κ3) is 5.14. The Balaban J connectivity index is 1.77. The van der Waals surface area contributed by atoms with E-state index in [0.29, 0.717) is 3.79 Å². The van der Waals surface area contributed by atoms with Gasteiger partial charge in [0.05, 0.1) is 15.3 Å². The summed E-state index contributed by atoms with van der Waals surface area (Å²) in [5.74, 6) is -0.833. The Morgan fingerprint density at radius 3 is 2.48 bits per heavy atom. The number of benzene rings is 2. The van der Waals surface area contributed by atoms with Gasteiger partial charge in [0.15, 0.2) is 5.13 Å². The van der Waals surface area contributed by atoms with Gasteiger partial charge in [-0.25, -0.2) is 17.8 Å². The lowest BCUT2D eigenvalue weighted by Crippen LogP contribution is -2.43. The summed E-state index contributed by atoms with van der Waals surface area (Å²) in [5.41, 5.74) is 5.65. The molecule has 3 rings (SSSR count). The molecule has 0 spiro atoms. The van der Waals surface area contributed by atoms with Crippen molar-refractivity contribution in [2.75, 3.05) is 5.73 Å². The minimum absolute atomic E-state index is 0.0408. The van der Waals surface area contributed by atoms with Gasteiger partial charge in [0.2, 0.25) is 10.0 Å². The van der Waals surface area contributed by atoms with Crippen LogP contribution in [0.5, 0.6) is 0 Å². The Kier molecular flexibility index (Phi) is 6.29. The molecule has 3 aromatic rings. The average Bonchev–Trinajstić information content (AvgIpc) is 2.99. The second kappa shape index (κ2) is 8.40. The maximum atomic E-state index is 14.8. The smallest absolute Gasteiger partial charge is 0.375 e. The lowest BCUT2D eigenvalue weighted by atomic mass is 10.1. The topological polar surface area (TPSA) is 94.3 Å². The number of ether oxygens (including phenoxy) is 1. The maximum Gasteiger partial charge on any atom is 0.435 e. The summed E-state index contributed by atoms with van der Waals surface area (Å²) in [6.07, 6.45) is -4.26. The minimum atomic E-state index is -4.53. The van der Waals surface area contributed by atoms with E-state index in [-0.39, 0.29) is 26.8 Å². The van der Waals surface area contributed by atoms with E-state index in [2.05, 4.69) is 25.7 Å². The van der Waals surface area contributed by atoms with Gasteiger partial charge in [0.25, 0.3) is 0 Å². The molecule has 0 aliphatic carbocycles. The number of thiazole rings is 1.